The summed E-state index contributed by atoms with van der Waals surface area (Å²) in [6, 6.07) is 0. The third-order valence-electron chi connectivity index (χ3n) is 1.92. The Morgan fingerprint density at radius 1 is 1.75 bits per heavy atom. The number of ether oxygens (including phenoxy) is 1. The van der Waals surface area contributed by atoms with Crippen molar-refractivity contribution in [3.05, 3.63) is 10.2 Å². The van der Waals surface area contributed by atoms with Crippen LogP contribution in [0, 0.1) is 3.83 Å². The molecule has 1 atom stereocenters. The SMILES string of the molecule is Ic1ncn(CC2CCCO2)n1. The smallest absolute Gasteiger partial charge is 0.211 e. The highest BCUT2D eigenvalue weighted by Gasteiger charge is 2.16. The van der Waals surface area contributed by atoms with Gasteiger partial charge in [0.1, 0.15) is 6.33 Å². The van der Waals surface area contributed by atoms with Crippen LogP contribution in [-0.4, -0.2) is 27.5 Å². The van der Waals surface area contributed by atoms with E-state index in [4.69, 9.17) is 4.74 Å². The molecule has 1 aliphatic rings. The molecule has 0 aromatic carbocycles. The lowest BCUT2D eigenvalue weighted by Gasteiger charge is -2.07. The fraction of sp³-hybridized carbons (Fsp3) is 0.714. The van der Waals surface area contributed by atoms with Gasteiger partial charge in [-0.15, -0.1) is 5.10 Å². The average molecular weight is 279 g/mol. The third kappa shape index (κ3) is 1.95. The van der Waals surface area contributed by atoms with E-state index in [2.05, 4.69) is 32.7 Å². The van der Waals surface area contributed by atoms with E-state index >= 15 is 0 Å². The van der Waals surface area contributed by atoms with Crippen molar-refractivity contribution in [2.75, 3.05) is 6.61 Å². The Bertz CT molecular complexity index is 257. The van der Waals surface area contributed by atoms with Crippen LogP contribution in [0.3, 0.4) is 0 Å². The Morgan fingerprint density at radius 3 is 3.25 bits per heavy atom. The average Bonchev–Trinajstić information content (AvgIpc) is 2.63. The van der Waals surface area contributed by atoms with E-state index in [0.717, 1.165) is 23.4 Å². The van der Waals surface area contributed by atoms with Crippen molar-refractivity contribution < 1.29 is 4.74 Å². The Morgan fingerprint density at radius 2 is 2.67 bits per heavy atom. The Balaban J connectivity index is 1.94. The second-order valence-corrected chi connectivity index (χ2v) is 3.84. The molecule has 0 aliphatic carbocycles. The van der Waals surface area contributed by atoms with Crippen LogP contribution in [0.1, 0.15) is 12.8 Å². The molecule has 0 saturated carbocycles. The van der Waals surface area contributed by atoms with Crippen LogP contribution in [0.5, 0.6) is 0 Å². The molecule has 0 amide bonds. The van der Waals surface area contributed by atoms with Gasteiger partial charge in [-0.05, 0) is 12.8 Å². The number of aromatic nitrogens is 3. The maximum absolute atomic E-state index is 5.48. The Hall–Kier alpha value is -0.170. The normalized spacial score (nSPS) is 23.2. The van der Waals surface area contributed by atoms with Crippen LogP contribution >= 0.6 is 22.6 Å². The molecule has 0 spiro atoms. The summed E-state index contributed by atoms with van der Waals surface area (Å²) < 4.78 is 8.12. The van der Waals surface area contributed by atoms with Gasteiger partial charge >= 0.3 is 0 Å². The molecule has 1 fully saturated rings. The minimum Gasteiger partial charge on any atom is -0.376 e. The molecule has 0 radical (unpaired) electrons. The standard InChI is InChI=1S/C7H10IN3O/c8-7-9-5-11(10-7)4-6-2-1-3-12-6/h5-6H,1-4H2. The molecule has 1 unspecified atom stereocenters. The molecule has 0 bridgehead atoms. The van der Waals surface area contributed by atoms with E-state index in [0.29, 0.717) is 6.10 Å². The zero-order valence-corrected chi connectivity index (χ0v) is 8.77. The number of nitrogens with zero attached hydrogens (tertiary/aromatic N) is 3. The van der Waals surface area contributed by atoms with E-state index in [9.17, 15) is 0 Å². The van der Waals surface area contributed by atoms with Gasteiger partial charge in [-0.2, -0.15) is 0 Å². The quantitative estimate of drug-likeness (QED) is 0.760. The fourth-order valence-electron chi connectivity index (χ4n) is 1.36. The predicted octanol–water partition coefficient (Wildman–Crippen LogP) is 1.06. The lowest BCUT2D eigenvalue weighted by Crippen LogP contribution is -2.15. The number of halogens is 1. The number of hydrogen-bond acceptors (Lipinski definition) is 3. The predicted molar refractivity (Wildman–Crippen MR) is 51.7 cm³/mol. The van der Waals surface area contributed by atoms with Crippen molar-refractivity contribution in [2.24, 2.45) is 0 Å². The van der Waals surface area contributed by atoms with Crippen LogP contribution in [0.4, 0.5) is 0 Å². The molecule has 1 saturated heterocycles. The summed E-state index contributed by atoms with van der Waals surface area (Å²) in [6.45, 7) is 1.74. The van der Waals surface area contributed by atoms with Gasteiger partial charge in [0.25, 0.3) is 0 Å². The first kappa shape index (κ1) is 8.43. The molecule has 1 aliphatic heterocycles. The number of hydrogen-bond donors (Lipinski definition) is 0. The van der Waals surface area contributed by atoms with Crippen molar-refractivity contribution in [3.63, 3.8) is 0 Å². The molecule has 66 valence electrons. The summed E-state index contributed by atoms with van der Waals surface area (Å²) in [4.78, 5) is 4.04. The molecule has 2 heterocycles. The molecule has 0 N–H and O–H groups in total. The van der Waals surface area contributed by atoms with E-state index in [1.165, 1.54) is 6.42 Å². The van der Waals surface area contributed by atoms with E-state index in [-0.39, 0.29) is 0 Å². The molecule has 2 rings (SSSR count). The summed E-state index contributed by atoms with van der Waals surface area (Å²) in [5.41, 5.74) is 0. The van der Waals surface area contributed by atoms with Gasteiger partial charge in [-0.3, -0.25) is 0 Å². The van der Waals surface area contributed by atoms with E-state index in [1.54, 1.807) is 6.33 Å². The van der Waals surface area contributed by atoms with Gasteiger partial charge in [-0.25, -0.2) is 9.67 Å². The minimum atomic E-state index is 0.350. The second-order valence-electron chi connectivity index (χ2n) is 2.87. The molecular formula is C7H10IN3O. The van der Waals surface area contributed by atoms with Crippen molar-refractivity contribution in [2.45, 2.75) is 25.5 Å². The Kier molecular flexibility index (Phi) is 2.60. The zero-order valence-electron chi connectivity index (χ0n) is 6.61. The lowest BCUT2D eigenvalue weighted by molar-refractivity contribution is 0.0938. The lowest BCUT2D eigenvalue weighted by atomic mass is 10.2. The third-order valence-corrected chi connectivity index (χ3v) is 2.42. The number of rotatable bonds is 2. The van der Waals surface area contributed by atoms with Crippen molar-refractivity contribution in [1.29, 1.82) is 0 Å². The van der Waals surface area contributed by atoms with Crippen LogP contribution in [0.25, 0.3) is 0 Å². The summed E-state index contributed by atoms with van der Waals surface area (Å²) in [6.07, 6.45) is 4.43. The summed E-state index contributed by atoms with van der Waals surface area (Å²) in [5.74, 6) is 0. The van der Waals surface area contributed by atoms with Gasteiger partial charge in [0.2, 0.25) is 3.83 Å². The first-order chi connectivity index (χ1) is 5.84. The summed E-state index contributed by atoms with van der Waals surface area (Å²) in [7, 11) is 0. The van der Waals surface area contributed by atoms with Crippen molar-refractivity contribution >= 4 is 22.6 Å². The van der Waals surface area contributed by atoms with E-state index in [1.807, 2.05) is 4.68 Å². The maximum atomic E-state index is 5.48. The summed E-state index contributed by atoms with van der Waals surface area (Å²) in [5, 5.41) is 4.19. The topological polar surface area (TPSA) is 39.9 Å². The second kappa shape index (κ2) is 3.69. The maximum Gasteiger partial charge on any atom is 0.211 e. The van der Waals surface area contributed by atoms with Crippen molar-refractivity contribution in [1.82, 2.24) is 14.8 Å². The van der Waals surface area contributed by atoms with Gasteiger partial charge in [0.05, 0.1) is 12.6 Å². The van der Waals surface area contributed by atoms with Gasteiger partial charge in [-0.1, -0.05) is 0 Å². The van der Waals surface area contributed by atoms with Crippen LogP contribution < -0.4 is 0 Å². The fourth-order valence-corrected chi connectivity index (χ4v) is 1.76. The first-order valence-electron chi connectivity index (χ1n) is 4.01. The van der Waals surface area contributed by atoms with Crippen molar-refractivity contribution in [3.8, 4) is 0 Å². The van der Waals surface area contributed by atoms with Gasteiger partial charge < -0.3 is 4.74 Å². The highest BCUT2D eigenvalue weighted by Crippen LogP contribution is 2.13. The first-order valence-corrected chi connectivity index (χ1v) is 5.09. The van der Waals surface area contributed by atoms with Gasteiger partial charge in [0, 0.05) is 29.2 Å². The Labute approximate surface area is 84.5 Å². The van der Waals surface area contributed by atoms with Crippen LogP contribution in [0.2, 0.25) is 0 Å². The largest absolute Gasteiger partial charge is 0.376 e. The molecular weight excluding hydrogens is 269 g/mol. The van der Waals surface area contributed by atoms with Crippen LogP contribution in [-0.2, 0) is 11.3 Å². The molecule has 4 nitrogen and oxygen atoms in total. The summed E-state index contributed by atoms with van der Waals surface area (Å²) >= 11 is 2.10. The molecule has 1 aromatic heterocycles. The van der Waals surface area contributed by atoms with Crippen LogP contribution in [0.15, 0.2) is 6.33 Å². The van der Waals surface area contributed by atoms with E-state index < -0.39 is 0 Å². The molecule has 5 heteroatoms. The molecule has 1 aromatic rings. The highest BCUT2D eigenvalue weighted by atomic mass is 127. The highest BCUT2D eigenvalue weighted by molar-refractivity contribution is 14.1. The zero-order chi connectivity index (χ0) is 8.39. The molecule has 12 heavy (non-hydrogen) atoms. The monoisotopic (exact) mass is 279 g/mol. The van der Waals surface area contributed by atoms with Gasteiger partial charge in [0.15, 0.2) is 0 Å². The minimum absolute atomic E-state index is 0.350.